The van der Waals surface area contributed by atoms with Crippen molar-refractivity contribution in [3.05, 3.63) is 65.1 Å². The van der Waals surface area contributed by atoms with Crippen LogP contribution in [0.1, 0.15) is 12.0 Å². The molecule has 0 aliphatic carbocycles. The first kappa shape index (κ1) is 14.6. The van der Waals surface area contributed by atoms with Crippen LogP contribution in [0.4, 0.5) is 10.1 Å². The standard InChI is InChI=1S/C17H14ClFN2O/c18-14-9-12(19)6-7-16(14)21-17(22)8-5-11-10-20-15-4-2-1-3-13(11)15/h1-4,6-7,9-10,20H,5,8H2,(H,21,22). The average molecular weight is 317 g/mol. The molecule has 1 heterocycles. The summed E-state index contributed by atoms with van der Waals surface area (Å²) in [6, 6.07) is 11.9. The molecule has 112 valence electrons. The van der Waals surface area contributed by atoms with Crippen LogP contribution in [-0.4, -0.2) is 10.9 Å². The van der Waals surface area contributed by atoms with Crippen molar-refractivity contribution in [3.8, 4) is 0 Å². The molecule has 3 nitrogen and oxygen atoms in total. The van der Waals surface area contributed by atoms with Gasteiger partial charge >= 0.3 is 0 Å². The number of aromatic amines is 1. The Balaban J connectivity index is 1.65. The Hall–Kier alpha value is -2.33. The fraction of sp³-hybridized carbons (Fsp3) is 0.118. The smallest absolute Gasteiger partial charge is 0.224 e. The second-order valence-corrected chi connectivity index (χ2v) is 5.44. The molecule has 5 heteroatoms. The lowest BCUT2D eigenvalue weighted by Crippen LogP contribution is -2.12. The number of aryl methyl sites for hydroxylation is 1. The van der Waals surface area contributed by atoms with Crippen molar-refractivity contribution in [1.29, 1.82) is 0 Å². The summed E-state index contributed by atoms with van der Waals surface area (Å²) in [5, 5.41) is 4.02. The van der Waals surface area contributed by atoms with Gasteiger partial charge in [0.2, 0.25) is 5.91 Å². The lowest BCUT2D eigenvalue weighted by molar-refractivity contribution is -0.116. The maximum Gasteiger partial charge on any atom is 0.224 e. The van der Waals surface area contributed by atoms with Gasteiger partial charge in [-0.05, 0) is 36.2 Å². The Morgan fingerprint density at radius 2 is 2.05 bits per heavy atom. The minimum Gasteiger partial charge on any atom is -0.361 e. The van der Waals surface area contributed by atoms with Crippen LogP contribution in [0, 0.1) is 5.82 Å². The molecule has 0 aliphatic rings. The van der Waals surface area contributed by atoms with Crippen LogP contribution in [0.2, 0.25) is 5.02 Å². The van der Waals surface area contributed by atoms with Gasteiger partial charge in [-0.25, -0.2) is 4.39 Å². The van der Waals surface area contributed by atoms with Gasteiger partial charge in [-0.15, -0.1) is 0 Å². The molecule has 1 amide bonds. The van der Waals surface area contributed by atoms with Crippen molar-refractivity contribution in [1.82, 2.24) is 4.98 Å². The molecule has 2 N–H and O–H groups in total. The van der Waals surface area contributed by atoms with Gasteiger partial charge in [0.1, 0.15) is 5.82 Å². The van der Waals surface area contributed by atoms with Crippen molar-refractivity contribution < 1.29 is 9.18 Å². The molecule has 22 heavy (non-hydrogen) atoms. The third-order valence-electron chi connectivity index (χ3n) is 3.50. The van der Waals surface area contributed by atoms with E-state index >= 15 is 0 Å². The van der Waals surface area contributed by atoms with E-state index in [4.69, 9.17) is 11.6 Å². The Labute approximate surface area is 132 Å². The van der Waals surface area contributed by atoms with Crippen molar-refractivity contribution in [2.75, 3.05) is 5.32 Å². The number of hydrogen-bond acceptors (Lipinski definition) is 1. The Bertz CT molecular complexity index is 828. The summed E-state index contributed by atoms with van der Waals surface area (Å²) in [5.41, 5.74) is 2.57. The maximum absolute atomic E-state index is 13.0. The third kappa shape index (κ3) is 3.12. The number of fused-ring (bicyclic) bond motifs is 1. The van der Waals surface area contributed by atoms with Gasteiger partial charge in [0.25, 0.3) is 0 Å². The number of carbonyl (C=O) groups is 1. The molecular weight excluding hydrogens is 303 g/mol. The van der Waals surface area contributed by atoms with Crippen molar-refractivity contribution in [2.24, 2.45) is 0 Å². The van der Waals surface area contributed by atoms with Gasteiger partial charge in [-0.2, -0.15) is 0 Å². The van der Waals surface area contributed by atoms with Crippen LogP contribution in [0.5, 0.6) is 0 Å². The van der Waals surface area contributed by atoms with E-state index in [1.54, 1.807) is 0 Å². The summed E-state index contributed by atoms with van der Waals surface area (Å²) in [5.74, 6) is -0.583. The van der Waals surface area contributed by atoms with Crippen molar-refractivity contribution >= 4 is 34.1 Å². The molecule has 0 saturated heterocycles. The van der Waals surface area contributed by atoms with Crippen LogP contribution in [0.15, 0.2) is 48.7 Å². The summed E-state index contributed by atoms with van der Waals surface area (Å²) in [7, 11) is 0. The predicted octanol–water partition coefficient (Wildman–Crippen LogP) is 4.53. The summed E-state index contributed by atoms with van der Waals surface area (Å²) >= 11 is 5.89. The van der Waals surface area contributed by atoms with E-state index in [1.165, 1.54) is 18.2 Å². The number of H-pyrrole nitrogens is 1. The Kier molecular flexibility index (Phi) is 4.11. The molecule has 2 aromatic carbocycles. The largest absolute Gasteiger partial charge is 0.361 e. The zero-order valence-electron chi connectivity index (χ0n) is 11.7. The summed E-state index contributed by atoms with van der Waals surface area (Å²) in [6.07, 6.45) is 2.87. The lowest BCUT2D eigenvalue weighted by atomic mass is 10.1. The van der Waals surface area contributed by atoms with E-state index in [1.807, 2.05) is 30.5 Å². The molecule has 0 bridgehead atoms. The predicted molar refractivity (Wildman–Crippen MR) is 86.7 cm³/mol. The molecule has 0 saturated carbocycles. The zero-order chi connectivity index (χ0) is 15.5. The summed E-state index contributed by atoms with van der Waals surface area (Å²) in [6.45, 7) is 0. The van der Waals surface area contributed by atoms with E-state index in [0.717, 1.165) is 16.5 Å². The third-order valence-corrected chi connectivity index (χ3v) is 3.81. The first-order chi connectivity index (χ1) is 10.6. The van der Waals surface area contributed by atoms with Crippen LogP contribution in [0.25, 0.3) is 10.9 Å². The number of rotatable bonds is 4. The molecule has 0 unspecified atom stereocenters. The van der Waals surface area contributed by atoms with Gasteiger partial charge in [0, 0.05) is 23.5 Å². The molecule has 3 rings (SSSR count). The first-order valence-corrected chi connectivity index (χ1v) is 7.31. The molecule has 0 radical (unpaired) electrons. The number of anilines is 1. The number of aromatic nitrogens is 1. The highest BCUT2D eigenvalue weighted by Crippen LogP contribution is 2.23. The number of benzene rings is 2. The molecule has 0 aliphatic heterocycles. The van der Waals surface area contributed by atoms with Crippen LogP contribution >= 0.6 is 11.6 Å². The van der Waals surface area contributed by atoms with E-state index < -0.39 is 5.82 Å². The molecule has 1 aromatic heterocycles. The van der Waals surface area contributed by atoms with Crippen LogP contribution in [0.3, 0.4) is 0 Å². The molecular formula is C17H14ClFN2O. The topological polar surface area (TPSA) is 44.9 Å². The van der Waals surface area contributed by atoms with Gasteiger partial charge < -0.3 is 10.3 Å². The monoisotopic (exact) mass is 316 g/mol. The SMILES string of the molecule is O=C(CCc1c[nH]c2ccccc12)Nc1ccc(F)cc1Cl. The van der Waals surface area contributed by atoms with Crippen molar-refractivity contribution in [3.63, 3.8) is 0 Å². The number of para-hydroxylation sites is 1. The highest BCUT2D eigenvalue weighted by atomic mass is 35.5. The normalized spacial score (nSPS) is 10.8. The Morgan fingerprint density at radius 1 is 1.23 bits per heavy atom. The van der Waals surface area contributed by atoms with Crippen molar-refractivity contribution in [2.45, 2.75) is 12.8 Å². The van der Waals surface area contributed by atoms with Crippen LogP contribution in [-0.2, 0) is 11.2 Å². The van der Waals surface area contributed by atoms with Crippen LogP contribution < -0.4 is 5.32 Å². The highest BCUT2D eigenvalue weighted by molar-refractivity contribution is 6.33. The number of hydrogen-bond donors (Lipinski definition) is 2. The lowest BCUT2D eigenvalue weighted by Gasteiger charge is -2.07. The van der Waals surface area contributed by atoms with E-state index in [2.05, 4.69) is 10.3 Å². The number of nitrogens with one attached hydrogen (secondary N) is 2. The van der Waals surface area contributed by atoms with Gasteiger partial charge in [-0.3, -0.25) is 4.79 Å². The fourth-order valence-corrected chi connectivity index (χ4v) is 2.60. The number of halogens is 2. The minimum atomic E-state index is -0.429. The van der Waals surface area contributed by atoms with Gasteiger partial charge in [0.05, 0.1) is 10.7 Å². The first-order valence-electron chi connectivity index (χ1n) is 6.93. The van der Waals surface area contributed by atoms with E-state index in [-0.39, 0.29) is 10.9 Å². The Morgan fingerprint density at radius 3 is 2.86 bits per heavy atom. The second-order valence-electron chi connectivity index (χ2n) is 5.03. The summed E-state index contributed by atoms with van der Waals surface area (Å²) in [4.78, 5) is 15.2. The number of carbonyl (C=O) groups excluding carboxylic acids is 1. The van der Waals surface area contributed by atoms with E-state index in [0.29, 0.717) is 18.5 Å². The quantitative estimate of drug-likeness (QED) is 0.729. The molecule has 0 spiro atoms. The second kappa shape index (κ2) is 6.20. The van der Waals surface area contributed by atoms with Gasteiger partial charge in [0.15, 0.2) is 0 Å². The molecule has 3 aromatic rings. The fourth-order valence-electron chi connectivity index (χ4n) is 2.39. The van der Waals surface area contributed by atoms with E-state index in [9.17, 15) is 9.18 Å². The van der Waals surface area contributed by atoms with Gasteiger partial charge in [-0.1, -0.05) is 29.8 Å². The highest BCUT2D eigenvalue weighted by Gasteiger charge is 2.09. The average Bonchev–Trinajstić information content (AvgIpc) is 2.91. The maximum atomic E-state index is 13.0. The summed E-state index contributed by atoms with van der Waals surface area (Å²) < 4.78 is 13.0. The minimum absolute atomic E-state index is 0.154. The molecule has 0 atom stereocenters. The molecule has 0 fully saturated rings. The zero-order valence-corrected chi connectivity index (χ0v) is 12.5. The number of amides is 1.